The van der Waals surface area contributed by atoms with E-state index < -0.39 is 44.6 Å². The number of nitro groups is 2. The van der Waals surface area contributed by atoms with Crippen molar-refractivity contribution in [2.75, 3.05) is 6.61 Å². The van der Waals surface area contributed by atoms with Crippen LogP contribution in [-0.2, 0) is 5.54 Å². The van der Waals surface area contributed by atoms with E-state index in [1.807, 2.05) is 13.0 Å². The van der Waals surface area contributed by atoms with Crippen LogP contribution in [0.15, 0.2) is 139 Å². The van der Waals surface area contributed by atoms with Crippen LogP contribution in [0, 0.1) is 20.2 Å². The molecule has 15 heteroatoms. The molecule has 2 aliphatic rings. The minimum absolute atomic E-state index is 0.0151. The van der Waals surface area contributed by atoms with Crippen LogP contribution in [0.4, 0.5) is 11.4 Å². The maximum atomic E-state index is 14.5. The second kappa shape index (κ2) is 14.8. The van der Waals surface area contributed by atoms with Crippen molar-refractivity contribution in [2.24, 2.45) is 5.10 Å². The van der Waals surface area contributed by atoms with Gasteiger partial charge in [-0.1, -0.05) is 54.6 Å². The number of rotatable bonds is 10. The molecule has 2 heterocycles. The Bertz CT molecular complexity index is 2730. The summed E-state index contributed by atoms with van der Waals surface area (Å²) in [7, 11) is 0. The van der Waals surface area contributed by atoms with Gasteiger partial charge in [-0.25, -0.2) is 14.6 Å². The van der Waals surface area contributed by atoms with Crippen LogP contribution in [0.5, 0.6) is 28.7 Å². The average Bonchev–Trinajstić information content (AvgIpc) is 3.47. The molecule has 0 radical (unpaired) electrons. The van der Waals surface area contributed by atoms with E-state index in [1.165, 1.54) is 84.0 Å². The second-order valence-corrected chi connectivity index (χ2v) is 12.9. The highest BCUT2D eigenvalue weighted by Gasteiger charge is 2.57. The van der Waals surface area contributed by atoms with Crippen LogP contribution in [-0.4, -0.2) is 45.5 Å². The van der Waals surface area contributed by atoms with E-state index >= 15 is 0 Å². The summed E-state index contributed by atoms with van der Waals surface area (Å²) < 4.78 is 23.4. The topological polar surface area (TPSA) is 190 Å². The van der Waals surface area contributed by atoms with Crippen molar-refractivity contribution in [2.45, 2.75) is 12.5 Å². The summed E-state index contributed by atoms with van der Waals surface area (Å²) in [5, 5.41) is 29.2. The molecule has 6 aromatic rings. The van der Waals surface area contributed by atoms with Crippen LogP contribution in [0.1, 0.15) is 60.3 Å². The van der Waals surface area contributed by atoms with Crippen LogP contribution in [0.2, 0.25) is 0 Å². The molecule has 15 nitrogen and oxygen atoms in total. The summed E-state index contributed by atoms with van der Waals surface area (Å²) in [6, 6.07) is 34.0. The summed E-state index contributed by atoms with van der Waals surface area (Å²) in [6.45, 7) is 2.19. The molecule has 1 amide bonds. The lowest BCUT2D eigenvalue weighted by molar-refractivity contribution is -0.385. The first-order valence-corrected chi connectivity index (χ1v) is 17.7. The monoisotopic (exact) mass is 776 g/mol. The number of fused-ring (bicyclic) bond motifs is 6. The van der Waals surface area contributed by atoms with Crippen molar-refractivity contribution in [3.63, 3.8) is 0 Å². The Morgan fingerprint density at radius 2 is 1.24 bits per heavy atom. The highest BCUT2D eigenvalue weighted by atomic mass is 16.6. The van der Waals surface area contributed by atoms with Gasteiger partial charge in [0.15, 0.2) is 0 Å². The maximum Gasteiger partial charge on any atom is 0.350 e. The van der Waals surface area contributed by atoms with Crippen molar-refractivity contribution in [3.05, 3.63) is 193 Å². The number of amides is 1. The minimum Gasteiger partial charge on any atom is -0.494 e. The Balaban J connectivity index is 1.21. The van der Waals surface area contributed by atoms with Crippen molar-refractivity contribution < 1.29 is 43.2 Å². The highest BCUT2D eigenvalue weighted by molar-refractivity contribution is 6.03. The zero-order chi connectivity index (χ0) is 40.6. The normalized spacial score (nSPS) is 14.9. The Hall–Kier alpha value is -8.20. The number of para-hydroxylation sites is 2. The van der Waals surface area contributed by atoms with Gasteiger partial charge >= 0.3 is 11.9 Å². The molecule has 286 valence electrons. The third kappa shape index (κ3) is 6.31. The quantitative estimate of drug-likeness (QED) is 0.0428. The fourth-order valence-electron chi connectivity index (χ4n) is 7.10. The standard InChI is InChI=1S/C43H28N4O11/c1-2-55-27-18-20-34-38(23-27)58-39-24-29(57-42(50)32-14-5-8-17-37(32)47(53)54)19-21-35(39)43(34)33-15-6-3-12-30(33)40(48)45(43)44-25-26-10-9-11-28(22-26)56-41(49)31-13-4-7-16-36(31)46(51)52/h3-25H,2H2,1H3/b44-25+. The van der Waals surface area contributed by atoms with Crippen LogP contribution in [0.25, 0.3) is 0 Å². The number of hydrogen-bond donors (Lipinski definition) is 0. The number of esters is 2. The number of nitro benzene ring substituents is 2. The summed E-state index contributed by atoms with van der Waals surface area (Å²) in [5.74, 6) is -1.26. The van der Waals surface area contributed by atoms with E-state index in [0.717, 1.165) is 0 Å². The Kier molecular flexibility index (Phi) is 9.38. The molecule has 2 aliphatic heterocycles. The highest BCUT2D eigenvalue weighted by Crippen LogP contribution is 2.58. The zero-order valence-electron chi connectivity index (χ0n) is 30.3. The molecule has 0 saturated heterocycles. The van der Waals surface area contributed by atoms with Crippen molar-refractivity contribution in [3.8, 4) is 28.7 Å². The number of carbonyl (C=O) groups is 3. The molecule has 1 spiro atoms. The minimum atomic E-state index is -1.45. The van der Waals surface area contributed by atoms with E-state index in [1.54, 1.807) is 54.6 Å². The first-order chi connectivity index (χ1) is 28.1. The van der Waals surface area contributed by atoms with E-state index in [9.17, 15) is 34.6 Å². The van der Waals surface area contributed by atoms with Gasteiger partial charge in [-0.05, 0) is 67.1 Å². The fraction of sp³-hybridized carbons (Fsp3) is 0.0698. The molecule has 0 bridgehead atoms. The molecule has 0 fully saturated rings. The number of carbonyl (C=O) groups excluding carboxylic acids is 3. The second-order valence-electron chi connectivity index (χ2n) is 12.9. The van der Waals surface area contributed by atoms with E-state index in [0.29, 0.717) is 45.9 Å². The summed E-state index contributed by atoms with van der Waals surface area (Å²) in [5.41, 5.74) is -0.404. The van der Waals surface area contributed by atoms with Gasteiger partial charge in [0.2, 0.25) is 0 Å². The Morgan fingerprint density at radius 1 is 0.690 bits per heavy atom. The smallest absolute Gasteiger partial charge is 0.350 e. The van der Waals surface area contributed by atoms with Crippen molar-refractivity contribution in [1.29, 1.82) is 0 Å². The number of ether oxygens (including phenoxy) is 4. The maximum absolute atomic E-state index is 14.5. The first kappa shape index (κ1) is 36.8. The molecule has 0 N–H and O–H groups in total. The van der Waals surface area contributed by atoms with Gasteiger partial charge in [0.05, 0.1) is 22.7 Å². The lowest BCUT2D eigenvalue weighted by atomic mass is 9.75. The molecule has 8 rings (SSSR count). The van der Waals surface area contributed by atoms with Gasteiger partial charge in [-0.3, -0.25) is 25.0 Å². The molecular weight excluding hydrogens is 748 g/mol. The lowest BCUT2D eigenvalue weighted by Crippen LogP contribution is -2.44. The zero-order valence-corrected chi connectivity index (χ0v) is 30.3. The largest absolute Gasteiger partial charge is 0.494 e. The number of nitrogens with zero attached hydrogens (tertiary/aromatic N) is 4. The SMILES string of the molecule is CCOc1ccc2c(c1)Oc1cc(OC(=O)c3ccccc3[N+](=O)[O-])ccc1C21c2ccccc2C(=O)N1/N=C/c1cccc(OC(=O)c2ccccc2[N+](=O)[O-])c1. The number of hydrogen-bond acceptors (Lipinski definition) is 12. The Labute approximate surface area is 328 Å². The molecule has 0 aromatic heterocycles. The number of benzene rings is 6. The molecule has 1 unspecified atom stereocenters. The predicted molar refractivity (Wildman–Crippen MR) is 207 cm³/mol. The molecule has 6 aromatic carbocycles. The average molecular weight is 777 g/mol. The number of hydrazone groups is 1. The third-order valence-electron chi connectivity index (χ3n) is 9.52. The van der Waals surface area contributed by atoms with Crippen molar-refractivity contribution >= 4 is 35.4 Å². The van der Waals surface area contributed by atoms with Gasteiger partial charge < -0.3 is 18.9 Å². The molecule has 1 atom stereocenters. The Morgan fingerprint density at radius 3 is 1.86 bits per heavy atom. The van der Waals surface area contributed by atoms with Crippen LogP contribution >= 0.6 is 0 Å². The van der Waals surface area contributed by atoms with E-state index in [4.69, 9.17) is 24.0 Å². The van der Waals surface area contributed by atoms with Gasteiger partial charge in [0, 0.05) is 46.5 Å². The van der Waals surface area contributed by atoms with E-state index in [2.05, 4.69) is 0 Å². The predicted octanol–water partition coefficient (Wildman–Crippen LogP) is 8.23. The van der Waals surface area contributed by atoms with Crippen molar-refractivity contribution in [1.82, 2.24) is 5.01 Å². The molecule has 58 heavy (non-hydrogen) atoms. The summed E-state index contributed by atoms with van der Waals surface area (Å²) in [6.07, 6.45) is 1.42. The fourth-order valence-corrected chi connectivity index (χ4v) is 7.10. The summed E-state index contributed by atoms with van der Waals surface area (Å²) >= 11 is 0. The third-order valence-corrected chi connectivity index (χ3v) is 9.52. The van der Waals surface area contributed by atoms with Crippen LogP contribution < -0.4 is 18.9 Å². The first-order valence-electron chi connectivity index (χ1n) is 17.7. The lowest BCUT2D eigenvalue weighted by Gasteiger charge is -2.41. The van der Waals surface area contributed by atoms with E-state index in [-0.39, 0.29) is 28.4 Å². The van der Waals surface area contributed by atoms with Crippen LogP contribution in [0.3, 0.4) is 0 Å². The summed E-state index contributed by atoms with van der Waals surface area (Å²) in [4.78, 5) is 62.5. The molecule has 0 aliphatic carbocycles. The van der Waals surface area contributed by atoms with Gasteiger partial charge in [-0.2, -0.15) is 5.10 Å². The van der Waals surface area contributed by atoms with Gasteiger partial charge in [-0.15, -0.1) is 0 Å². The molecule has 0 saturated carbocycles. The van der Waals surface area contributed by atoms with Gasteiger partial charge in [0.25, 0.3) is 17.3 Å². The molecular formula is C43H28N4O11. The van der Waals surface area contributed by atoms with Gasteiger partial charge in [0.1, 0.15) is 45.4 Å².